The van der Waals surface area contributed by atoms with Crippen LogP contribution in [0.15, 0.2) is 46.9 Å². The molecule has 0 saturated carbocycles. The molecule has 138 valence electrons. The van der Waals surface area contributed by atoms with Crippen LogP contribution in [0.2, 0.25) is 0 Å². The number of carbonyl (C=O) groups is 2. The lowest BCUT2D eigenvalue weighted by atomic mass is 10.2. The number of nitrogens with zero attached hydrogens (tertiary/aromatic N) is 2. The van der Waals surface area contributed by atoms with Crippen molar-refractivity contribution in [3.05, 3.63) is 47.3 Å². The number of fused-ring (bicyclic) bond motifs is 1. The number of hydrogen-bond donors (Lipinski definition) is 2. The molecule has 1 aromatic heterocycles. The Morgan fingerprint density at radius 1 is 1.38 bits per heavy atom. The molecular weight excluding hydrogens is 352 g/mol. The summed E-state index contributed by atoms with van der Waals surface area (Å²) in [5.41, 5.74) is 0.378. The van der Waals surface area contributed by atoms with Gasteiger partial charge >= 0.3 is 6.03 Å². The second-order valence-electron chi connectivity index (χ2n) is 5.74. The molecule has 2 aromatic rings. The highest BCUT2D eigenvalue weighted by atomic mass is 32.2. The van der Waals surface area contributed by atoms with Gasteiger partial charge < -0.3 is 5.32 Å². The zero-order valence-corrected chi connectivity index (χ0v) is 15.6. The van der Waals surface area contributed by atoms with Gasteiger partial charge in [0, 0.05) is 12.6 Å². The summed E-state index contributed by atoms with van der Waals surface area (Å²) in [6.45, 7) is 7.74. The number of imide groups is 1. The van der Waals surface area contributed by atoms with Crippen LogP contribution < -0.4 is 16.2 Å². The Kier molecular flexibility index (Phi) is 6.97. The standard InChI is InChI=1S/C18H22N4O3S/c1-4-10-22-16(24)13-8-6-7-9-14(13)20-18(22)26-11-15(23)21-17(25)19-12(3)5-2/h4,6-9,12H,1,5,10-11H2,2-3H3,(H2,19,21,23,25)/t12-/m1/s1. The van der Waals surface area contributed by atoms with Gasteiger partial charge in [-0.3, -0.25) is 19.5 Å². The molecule has 0 bridgehead atoms. The van der Waals surface area contributed by atoms with Crippen molar-refractivity contribution in [3.63, 3.8) is 0 Å². The minimum absolute atomic E-state index is 0.0182. The van der Waals surface area contributed by atoms with Gasteiger partial charge in [-0.2, -0.15) is 0 Å². The van der Waals surface area contributed by atoms with Crippen LogP contribution in [-0.4, -0.2) is 33.3 Å². The fourth-order valence-corrected chi connectivity index (χ4v) is 3.01. The monoisotopic (exact) mass is 374 g/mol. The van der Waals surface area contributed by atoms with Gasteiger partial charge in [0.15, 0.2) is 5.16 Å². The third kappa shape index (κ3) is 4.95. The highest BCUT2D eigenvalue weighted by Gasteiger charge is 2.14. The number of thioether (sulfide) groups is 1. The second-order valence-corrected chi connectivity index (χ2v) is 6.68. The number of para-hydroxylation sites is 1. The van der Waals surface area contributed by atoms with E-state index in [0.717, 1.165) is 18.2 Å². The lowest BCUT2D eigenvalue weighted by molar-refractivity contribution is -0.117. The molecule has 8 heteroatoms. The van der Waals surface area contributed by atoms with Crippen LogP contribution in [0.5, 0.6) is 0 Å². The molecule has 0 radical (unpaired) electrons. The van der Waals surface area contributed by atoms with Crippen molar-refractivity contribution < 1.29 is 9.59 Å². The van der Waals surface area contributed by atoms with Crippen molar-refractivity contribution in [1.29, 1.82) is 0 Å². The van der Waals surface area contributed by atoms with Crippen molar-refractivity contribution in [2.75, 3.05) is 5.75 Å². The van der Waals surface area contributed by atoms with E-state index >= 15 is 0 Å². The van der Waals surface area contributed by atoms with Crippen LogP contribution in [-0.2, 0) is 11.3 Å². The first kappa shape index (κ1) is 19.7. The summed E-state index contributed by atoms with van der Waals surface area (Å²) in [6, 6.07) is 6.49. The van der Waals surface area contributed by atoms with E-state index in [1.165, 1.54) is 4.57 Å². The molecule has 2 N–H and O–H groups in total. The molecular formula is C18H22N4O3S. The van der Waals surface area contributed by atoms with Crippen LogP contribution >= 0.6 is 11.8 Å². The first-order valence-electron chi connectivity index (χ1n) is 8.29. The van der Waals surface area contributed by atoms with Crippen LogP contribution in [0.3, 0.4) is 0 Å². The van der Waals surface area contributed by atoms with E-state index in [0.29, 0.717) is 16.1 Å². The van der Waals surface area contributed by atoms with Gasteiger partial charge in [-0.05, 0) is 25.5 Å². The Morgan fingerprint density at radius 2 is 2.12 bits per heavy atom. The largest absolute Gasteiger partial charge is 0.335 e. The number of aromatic nitrogens is 2. The van der Waals surface area contributed by atoms with Crippen LogP contribution in [0.4, 0.5) is 4.79 Å². The van der Waals surface area contributed by atoms with Crippen LogP contribution in [0.25, 0.3) is 10.9 Å². The maximum Gasteiger partial charge on any atom is 0.321 e. The number of amides is 3. The third-order valence-corrected chi connectivity index (χ3v) is 4.69. The highest BCUT2D eigenvalue weighted by molar-refractivity contribution is 7.99. The van der Waals surface area contributed by atoms with Gasteiger partial charge in [0.25, 0.3) is 5.56 Å². The van der Waals surface area contributed by atoms with E-state index in [-0.39, 0.29) is 23.9 Å². The van der Waals surface area contributed by atoms with E-state index in [1.807, 2.05) is 13.8 Å². The molecule has 1 heterocycles. The number of urea groups is 1. The van der Waals surface area contributed by atoms with Gasteiger partial charge in [-0.25, -0.2) is 9.78 Å². The van der Waals surface area contributed by atoms with Gasteiger partial charge in [0.05, 0.1) is 16.7 Å². The zero-order chi connectivity index (χ0) is 19.1. The number of allylic oxidation sites excluding steroid dienone is 1. The normalized spacial score (nSPS) is 11.8. The van der Waals surface area contributed by atoms with E-state index in [4.69, 9.17) is 0 Å². The Hall–Kier alpha value is -2.61. The third-order valence-electron chi connectivity index (χ3n) is 3.71. The Bertz CT molecular complexity index is 878. The molecule has 0 spiro atoms. The number of rotatable bonds is 7. The van der Waals surface area contributed by atoms with Crippen molar-refractivity contribution in [2.24, 2.45) is 0 Å². The molecule has 1 atom stereocenters. The van der Waals surface area contributed by atoms with E-state index in [9.17, 15) is 14.4 Å². The topological polar surface area (TPSA) is 93.1 Å². The maximum atomic E-state index is 12.6. The summed E-state index contributed by atoms with van der Waals surface area (Å²) in [5.74, 6) is -0.487. The molecule has 0 aliphatic rings. The van der Waals surface area contributed by atoms with Crippen molar-refractivity contribution in [3.8, 4) is 0 Å². The molecule has 0 aliphatic heterocycles. The predicted molar refractivity (Wildman–Crippen MR) is 103 cm³/mol. The fourth-order valence-electron chi connectivity index (χ4n) is 2.20. The van der Waals surface area contributed by atoms with Crippen LogP contribution in [0, 0.1) is 0 Å². The average Bonchev–Trinajstić information content (AvgIpc) is 2.62. The Morgan fingerprint density at radius 3 is 2.81 bits per heavy atom. The number of carbonyl (C=O) groups excluding carboxylic acids is 2. The lowest BCUT2D eigenvalue weighted by Gasteiger charge is -2.13. The van der Waals surface area contributed by atoms with E-state index in [1.54, 1.807) is 30.3 Å². The summed E-state index contributed by atoms with van der Waals surface area (Å²) >= 11 is 1.10. The van der Waals surface area contributed by atoms with Gasteiger partial charge in [0.2, 0.25) is 5.91 Å². The average molecular weight is 374 g/mol. The quantitative estimate of drug-likeness (QED) is 0.441. The molecule has 0 saturated heterocycles. The second kappa shape index (κ2) is 9.19. The summed E-state index contributed by atoms with van der Waals surface area (Å²) in [7, 11) is 0. The summed E-state index contributed by atoms with van der Waals surface area (Å²) in [6.07, 6.45) is 2.37. The first-order chi connectivity index (χ1) is 12.5. The highest BCUT2D eigenvalue weighted by Crippen LogP contribution is 2.17. The fraction of sp³-hybridized carbons (Fsp3) is 0.333. The maximum absolute atomic E-state index is 12.6. The number of benzene rings is 1. The predicted octanol–water partition coefficient (Wildman–Crippen LogP) is 2.30. The molecule has 7 nitrogen and oxygen atoms in total. The first-order valence-corrected chi connectivity index (χ1v) is 9.28. The van der Waals surface area contributed by atoms with Crippen molar-refractivity contribution >= 4 is 34.6 Å². The Balaban J connectivity index is 2.13. The molecule has 26 heavy (non-hydrogen) atoms. The lowest BCUT2D eigenvalue weighted by Crippen LogP contribution is -2.44. The Labute approximate surface area is 155 Å². The SMILES string of the molecule is C=CCn1c(SCC(=O)NC(=O)N[C@H](C)CC)nc2ccccc2c1=O. The zero-order valence-electron chi connectivity index (χ0n) is 14.8. The van der Waals surface area contributed by atoms with Gasteiger partial charge in [-0.15, -0.1) is 6.58 Å². The summed E-state index contributed by atoms with van der Waals surface area (Å²) < 4.78 is 1.46. The number of nitrogens with one attached hydrogen (secondary N) is 2. The van der Waals surface area contributed by atoms with Gasteiger partial charge in [-0.1, -0.05) is 36.9 Å². The molecule has 0 unspecified atom stereocenters. The minimum Gasteiger partial charge on any atom is -0.335 e. The minimum atomic E-state index is -0.528. The van der Waals surface area contributed by atoms with Crippen molar-refractivity contribution in [1.82, 2.24) is 20.2 Å². The molecule has 3 amide bonds. The molecule has 0 fully saturated rings. The van der Waals surface area contributed by atoms with Crippen molar-refractivity contribution in [2.45, 2.75) is 38.0 Å². The number of hydrogen-bond acceptors (Lipinski definition) is 5. The summed E-state index contributed by atoms with van der Waals surface area (Å²) in [4.78, 5) is 40.8. The molecule has 0 aliphatic carbocycles. The summed E-state index contributed by atoms with van der Waals surface area (Å²) in [5, 5.41) is 5.85. The van der Waals surface area contributed by atoms with Gasteiger partial charge in [0.1, 0.15) is 0 Å². The molecule has 1 aromatic carbocycles. The van der Waals surface area contributed by atoms with Crippen LogP contribution in [0.1, 0.15) is 20.3 Å². The van der Waals surface area contributed by atoms with E-state index in [2.05, 4.69) is 22.2 Å². The molecule has 2 rings (SSSR count). The smallest absolute Gasteiger partial charge is 0.321 e. The van der Waals surface area contributed by atoms with E-state index < -0.39 is 11.9 Å².